The van der Waals surface area contributed by atoms with E-state index in [0.717, 1.165) is 43.6 Å². The molecule has 1 N–H and O–H groups in total. The number of hydrogen-bond acceptors (Lipinski definition) is 4. The first-order chi connectivity index (χ1) is 9.71. The zero-order valence-electron chi connectivity index (χ0n) is 12.8. The van der Waals surface area contributed by atoms with Crippen LogP contribution in [-0.2, 0) is 6.54 Å². The van der Waals surface area contributed by atoms with Gasteiger partial charge in [0.1, 0.15) is 11.5 Å². The summed E-state index contributed by atoms with van der Waals surface area (Å²) in [6, 6.07) is 6.08. The maximum absolute atomic E-state index is 5.32. The number of hydrogen-bond donors (Lipinski definition) is 1. The van der Waals surface area contributed by atoms with E-state index in [1.165, 1.54) is 18.4 Å². The van der Waals surface area contributed by atoms with Gasteiger partial charge in [-0.25, -0.2) is 0 Å². The van der Waals surface area contributed by atoms with Crippen LogP contribution in [-0.4, -0.2) is 45.8 Å². The summed E-state index contributed by atoms with van der Waals surface area (Å²) in [6.07, 6.45) is 2.57. The quantitative estimate of drug-likeness (QED) is 0.864. The SMILES string of the molecule is COc1cc(CN(C)CC2CCNCC2)cc(OC)c1. The fraction of sp³-hybridized carbons (Fsp3) is 0.625. The zero-order valence-corrected chi connectivity index (χ0v) is 12.8. The molecule has 0 radical (unpaired) electrons. The van der Waals surface area contributed by atoms with Crippen LogP contribution in [0.1, 0.15) is 18.4 Å². The number of piperidine rings is 1. The maximum Gasteiger partial charge on any atom is 0.122 e. The Balaban J connectivity index is 1.93. The molecule has 0 saturated carbocycles. The van der Waals surface area contributed by atoms with Crippen LogP contribution in [0.2, 0.25) is 0 Å². The Morgan fingerprint density at radius 1 is 1.10 bits per heavy atom. The van der Waals surface area contributed by atoms with E-state index < -0.39 is 0 Å². The first-order valence-corrected chi connectivity index (χ1v) is 7.32. The molecule has 0 atom stereocenters. The van der Waals surface area contributed by atoms with Gasteiger partial charge in [0.2, 0.25) is 0 Å². The third kappa shape index (κ3) is 4.39. The van der Waals surface area contributed by atoms with Crippen molar-refractivity contribution in [3.8, 4) is 11.5 Å². The normalized spacial score (nSPS) is 16.4. The highest BCUT2D eigenvalue weighted by Gasteiger charge is 2.15. The van der Waals surface area contributed by atoms with E-state index in [4.69, 9.17) is 9.47 Å². The van der Waals surface area contributed by atoms with E-state index >= 15 is 0 Å². The largest absolute Gasteiger partial charge is 0.497 e. The molecule has 4 nitrogen and oxygen atoms in total. The lowest BCUT2D eigenvalue weighted by Gasteiger charge is -2.27. The summed E-state index contributed by atoms with van der Waals surface area (Å²) in [5, 5.41) is 3.42. The fourth-order valence-electron chi connectivity index (χ4n) is 2.84. The molecule has 1 fully saturated rings. The molecule has 20 heavy (non-hydrogen) atoms. The third-order valence-corrected chi connectivity index (χ3v) is 3.89. The van der Waals surface area contributed by atoms with Crippen molar-refractivity contribution in [3.63, 3.8) is 0 Å². The minimum Gasteiger partial charge on any atom is -0.497 e. The van der Waals surface area contributed by atoms with Crippen molar-refractivity contribution < 1.29 is 9.47 Å². The van der Waals surface area contributed by atoms with E-state index in [2.05, 4.69) is 29.4 Å². The van der Waals surface area contributed by atoms with Crippen molar-refractivity contribution in [1.29, 1.82) is 0 Å². The second-order valence-corrected chi connectivity index (χ2v) is 5.61. The Labute approximate surface area is 122 Å². The molecule has 2 rings (SSSR count). The summed E-state index contributed by atoms with van der Waals surface area (Å²) < 4.78 is 10.6. The topological polar surface area (TPSA) is 33.7 Å². The number of nitrogens with zero attached hydrogens (tertiary/aromatic N) is 1. The Bertz CT molecular complexity index is 395. The molecule has 0 bridgehead atoms. The average molecular weight is 278 g/mol. The van der Waals surface area contributed by atoms with Gasteiger partial charge in [-0.2, -0.15) is 0 Å². The highest BCUT2D eigenvalue weighted by Crippen LogP contribution is 2.23. The predicted molar refractivity (Wildman–Crippen MR) is 81.5 cm³/mol. The summed E-state index contributed by atoms with van der Waals surface area (Å²) in [5.41, 5.74) is 1.23. The van der Waals surface area contributed by atoms with Crippen LogP contribution in [0.25, 0.3) is 0 Å². The lowest BCUT2D eigenvalue weighted by Crippen LogP contribution is -2.34. The standard InChI is InChI=1S/C16H26N2O2/c1-18(11-13-4-6-17-7-5-13)12-14-8-15(19-2)10-16(9-14)20-3/h8-10,13,17H,4-7,11-12H2,1-3H3. The van der Waals surface area contributed by atoms with Gasteiger partial charge in [-0.15, -0.1) is 0 Å². The summed E-state index contributed by atoms with van der Waals surface area (Å²) in [7, 11) is 5.57. The van der Waals surface area contributed by atoms with E-state index in [-0.39, 0.29) is 0 Å². The summed E-state index contributed by atoms with van der Waals surface area (Å²) in [4.78, 5) is 2.39. The minimum absolute atomic E-state index is 0.814. The van der Waals surface area contributed by atoms with Gasteiger partial charge >= 0.3 is 0 Å². The van der Waals surface area contributed by atoms with Gasteiger partial charge in [0.05, 0.1) is 14.2 Å². The molecule has 1 heterocycles. The summed E-state index contributed by atoms with van der Waals surface area (Å²) >= 11 is 0. The van der Waals surface area contributed by atoms with E-state index in [9.17, 15) is 0 Å². The van der Waals surface area contributed by atoms with Crippen LogP contribution in [0.15, 0.2) is 18.2 Å². The number of rotatable bonds is 6. The molecule has 0 aliphatic carbocycles. The highest BCUT2D eigenvalue weighted by atomic mass is 16.5. The Morgan fingerprint density at radius 3 is 2.25 bits per heavy atom. The predicted octanol–water partition coefficient (Wildman–Crippen LogP) is 2.14. The molecule has 0 spiro atoms. The lowest BCUT2D eigenvalue weighted by molar-refractivity contribution is 0.234. The zero-order chi connectivity index (χ0) is 14.4. The van der Waals surface area contributed by atoms with Crippen LogP contribution in [0.3, 0.4) is 0 Å². The Hall–Kier alpha value is -1.26. The average Bonchev–Trinajstić information content (AvgIpc) is 2.47. The Morgan fingerprint density at radius 2 is 1.70 bits per heavy atom. The molecule has 0 aromatic heterocycles. The van der Waals surface area contributed by atoms with Crippen molar-refractivity contribution in [1.82, 2.24) is 10.2 Å². The van der Waals surface area contributed by atoms with Gasteiger partial charge in [0.25, 0.3) is 0 Å². The number of methoxy groups -OCH3 is 2. The van der Waals surface area contributed by atoms with E-state index in [0.29, 0.717) is 0 Å². The minimum atomic E-state index is 0.814. The van der Waals surface area contributed by atoms with Crippen molar-refractivity contribution in [3.05, 3.63) is 23.8 Å². The van der Waals surface area contributed by atoms with Crippen molar-refractivity contribution in [2.45, 2.75) is 19.4 Å². The monoisotopic (exact) mass is 278 g/mol. The van der Waals surface area contributed by atoms with Crippen molar-refractivity contribution >= 4 is 0 Å². The molecule has 0 unspecified atom stereocenters. The molecule has 1 aliphatic heterocycles. The van der Waals surface area contributed by atoms with Crippen LogP contribution in [0.5, 0.6) is 11.5 Å². The molecular formula is C16H26N2O2. The molecule has 4 heteroatoms. The van der Waals surface area contributed by atoms with Crippen LogP contribution >= 0.6 is 0 Å². The lowest BCUT2D eigenvalue weighted by atomic mass is 9.97. The van der Waals surface area contributed by atoms with Gasteiger partial charge in [0, 0.05) is 19.2 Å². The molecule has 0 amide bonds. The Kier molecular flexibility index (Phi) is 5.68. The smallest absolute Gasteiger partial charge is 0.122 e. The number of ether oxygens (including phenoxy) is 2. The van der Waals surface area contributed by atoms with E-state index in [1.807, 2.05) is 6.07 Å². The first kappa shape index (κ1) is 15.1. The first-order valence-electron chi connectivity index (χ1n) is 7.32. The number of benzene rings is 1. The molecule has 1 aromatic carbocycles. The number of nitrogens with one attached hydrogen (secondary N) is 1. The van der Waals surface area contributed by atoms with Gasteiger partial charge in [0.15, 0.2) is 0 Å². The fourth-order valence-corrected chi connectivity index (χ4v) is 2.84. The second-order valence-electron chi connectivity index (χ2n) is 5.61. The molecule has 1 aliphatic rings. The van der Waals surface area contributed by atoms with Gasteiger partial charge < -0.3 is 19.7 Å². The van der Waals surface area contributed by atoms with Crippen molar-refractivity contribution in [2.24, 2.45) is 5.92 Å². The molecule has 112 valence electrons. The van der Waals surface area contributed by atoms with Crippen LogP contribution in [0, 0.1) is 5.92 Å². The second kappa shape index (κ2) is 7.50. The van der Waals surface area contributed by atoms with Crippen LogP contribution in [0.4, 0.5) is 0 Å². The van der Waals surface area contributed by atoms with Crippen molar-refractivity contribution in [2.75, 3.05) is 40.9 Å². The van der Waals surface area contributed by atoms with Gasteiger partial charge in [-0.05, 0) is 56.6 Å². The van der Waals surface area contributed by atoms with Gasteiger partial charge in [-0.1, -0.05) is 0 Å². The summed E-state index contributed by atoms with van der Waals surface area (Å²) in [6.45, 7) is 4.40. The third-order valence-electron chi connectivity index (χ3n) is 3.89. The molecule has 1 aromatic rings. The maximum atomic E-state index is 5.32. The summed E-state index contributed by atoms with van der Waals surface area (Å²) in [5.74, 6) is 2.53. The van der Waals surface area contributed by atoms with Gasteiger partial charge in [-0.3, -0.25) is 0 Å². The molecular weight excluding hydrogens is 252 g/mol. The highest BCUT2D eigenvalue weighted by molar-refractivity contribution is 5.38. The van der Waals surface area contributed by atoms with Crippen LogP contribution < -0.4 is 14.8 Å². The van der Waals surface area contributed by atoms with E-state index in [1.54, 1.807) is 14.2 Å². The molecule has 1 saturated heterocycles.